The molecule has 0 atom stereocenters. The molecule has 0 aliphatic heterocycles. The van der Waals surface area contributed by atoms with E-state index in [9.17, 15) is 0 Å². The molecule has 0 radical (unpaired) electrons. The zero-order valence-electron chi connectivity index (χ0n) is 30.7. The van der Waals surface area contributed by atoms with Gasteiger partial charge in [0.15, 0.2) is 17.5 Å². The van der Waals surface area contributed by atoms with Crippen molar-refractivity contribution in [3.05, 3.63) is 174 Å². The maximum absolute atomic E-state index is 6.77. The Labute approximate surface area is 331 Å². The Kier molecular flexibility index (Phi) is 7.16. The van der Waals surface area contributed by atoms with Crippen LogP contribution in [0.4, 0.5) is 0 Å². The fraction of sp³-hybridized carbons (Fsp3) is 0.0392. The maximum atomic E-state index is 6.77. The van der Waals surface area contributed by atoms with Gasteiger partial charge in [0, 0.05) is 59.1 Å². The van der Waals surface area contributed by atoms with E-state index in [0.717, 1.165) is 62.6 Å². The van der Waals surface area contributed by atoms with Crippen molar-refractivity contribution >= 4 is 76.9 Å². The average Bonchev–Trinajstić information content (AvgIpc) is 3.95. The standard InChI is InChI=1S/C51H32N4OS/c1-3-12-31(13-4-1)49-52-50(32-14-5-2-6-15-32)54-51(53-49)34-23-25-39-42-19-11-18-36(48(42)56-45(39)28-34)33-22-26-40-41-27-24-35(30-47(41)57-46(40)29-33)55-43-20-9-7-16-37(43)38-17-8-10-21-44(38)55/h1-23,25-26,28-30H,24,27H2. The molecule has 11 aromatic rings. The number of hydrogen-bond acceptors (Lipinski definition) is 5. The number of allylic oxidation sites excluding steroid dienone is 1. The Morgan fingerprint density at radius 2 is 1.07 bits per heavy atom. The molecule has 0 unspecified atom stereocenters. The lowest BCUT2D eigenvalue weighted by Crippen LogP contribution is -2.03. The van der Waals surface area contributed by atoms with Crippen LogP contribution >= 0.6 is 11.3 Å². The minimum atomic E-state index is 0.604. The van der Waals surface area contributed by atoms with Crippen LogP contribution in [-0.2, 0) is 6.42 Å². The van der Waals surface area contributed by atoms with Crippen molar-refractivity contribution in [1.82, 2.24) is 19.5 Å². The van der Waals surface area contributed by atoms with E-state index in [0.29, 0.717) is 17.5 Å². The van der Waals surface area contributed by atoms with E-state index in [1.807, 2.05) is 72.0 Å². The summed E-state index contributed by atoms with van der Waals surface area (Å²) in [4.78, 5) is 16.1. The molecule has 0 saturated heterocycles. The van der Waals surface area contributed by atoms with Gasteiger partial charge in [-0.05, 0) is 65.8 Å². The highest BCUT2D eigenvalue weighted by Gasteiger charge is 2.22. The van der Waals surface area contributed by atoms with Gasteiger partial charge in [-0.3, -0.25) is 0 Å². The molecule has 1 aliphatic rings. The van der Waals surface area contributed by atoms with Crippen LogP contribution in [0.3, 0.4) is 0 Å². The van der Waals surface area contributed by atoms with Crippen LogP contribution < -0.4 is 0 Å². The quantitative estimate of drug-likeness (QED) is 0.176. The van der Waals surface area contributed by atoms with Crippen molar-refractivity contribution < 1.29 is 4.42 Å². The molecule has 0 N–H and O–H groups in total. The van der Waals surface area contributed by atoms with Crippen LogP contribution in [0.15, 0.2) is 168 Å². The number of aryl methyl sites for hydroxylation is 1. The van der Waals surface area contributed by atoms with Gasteiger partial charge in [0.1, 0.15) is 11.2 Å². The predicted octanol–water partition coefficient (Wildman–Crippen LogP) is 13.7. The lowest BCUT2D eigenvalue weighted by Gasteiger charge is -2.17. The second-order valence-corrected chi connectivity index (χ2v) is 15.8. The summed E-state index contributed by atoms with van der Waals surface area (Å²) < 4.78 is 10.5. The molecule has 268 valence electrons. The number of hydrogen-bond donors (Lipinski definition) is 0. The Hall–Kier alpha value is -7.15. The number of nitrogens with zero attached hydrogens (tertiary/aromatic N) is 4. The summed E-state index contributed by atoms with van der Waals surface area (Å²) in [5, 5.41) is 6.10. The summed E-state index contributed by atoms with van der Waals surface area (Å²) in [6.45, 7) is 0. The fourth-order valence-electron chi connectivity index (χ4n) is 8.70. The third-order valence-electron chi connectivity index (χ3n) is 11.4. The molecule has 12 rings (SSSR count). The average molecular weight is 749 g/mol. The van der Waals surface area contributed by atoms with Crippen molar-refractivity contribution in [3.63, 3.8) is 0 Å². The molecule has 0 fully saturated rings. The molecule has 57 heavy (non-hydrogen) atoms. The Balaban J connectivity index is 0.942. The van der Waals surface area contributed by atoms with Crippen molar-refractivity contribution in [3.8, 4) is 45.3 Å². The Morgan fingerprint density at radius 3 is 1.77 bits per heavy atom. The Morgan fingerprint density at radius 1 is 0.474 bits per heavy atom. The molecule has 0 saturated carbocycles. The van der Waals surface area contributed by atoms with E-state index >= 15 is 0 Å². The molecule has 1 aliphatic carbocycles. The third-order valence-corrected chi connectivity index (χ3v) is 12.5. The number of thiophene rings is 1. The molecule has 4 heterocycles. The van der Waals surface area contributed by atoms with Gasteiger partial charge in [-0.15, -0.1) is 11.3 Å². The van der Waals surface area contributed by atoms with Crippen LogP contribution in [0.1, 0.15) is 16.9 Å². The zero-order chi connectivity index (χ0) is 37.5. The third kappa shape index (κ3) is 5.18. The van der Waals surface area contributed by atoms with E-state index in [-0.39, 0.29) is 0 Å². The molecule has 6 heteroatoms. The summed E-state index contributed by atoms with van der Waals surface area (Å²) in [5.41, 5.74) is 12.0. The number of benzene rings is 7. The number of para-hydroxylation sites is 3. The van der Waals surface area contributed by atoms with E-state index in [1.54, 1.807) is 0 Å². The van der Waals surface area contributed by atoms with Crippen LogP contribution in [0.2, 0.25) is 0 Å². The predicted molar refractivity (Wildman–Crippen MR) is 236 cm³/mol. The number of rotatable bonds is 5. The minimum Gasteiger partial charge on any atom is -0.455 e. The van der Waals surface area contributed by atoms with E-state index in [4.69, 9.17) is 19.4 Å². The molecule has 0 amide bonds. The number of furan rings is 1. The van der Waals surface area contributed by atoms with Crippen LogP contribution in [0, 0.1) is 0 Å². The molecule has 0 spiro atoms. The largest absolute Gasteiger partial charge is 0.455 e. The normalized spacial score (nSPS) is 12.9. The van der Waals surface area contributed by atoms with Gasteiger partial charge in [-0.25, -0.2) is 15.0 Å². The monoisotopic (exact) mass is 748 g/mol. The topological polar surface area (TPSA) is 56.7 Å². The first-order valence-corrected chi connectivity index (χ1v) is 20.1. The summed E-state index contributed by atoms with van der Waals surface area (Å²) in [6.07, 6.45) is 4.44. The first-order chi connectivity index (χ1) is 28.2. The maximum Gasteiger partial charge on any atom is 0.164 e. The first-order valence-electron chi connectivity index (χ1n) is 19.3. The molecular weight excluding hydrogens is 717 g/mol. The van der Waals surface area contributed by atoms with Crippen LogP contribution in [0.25, 0.3) is 111 Å². The van der Waals surface area contributed by atoms with Gasteiger partial charge in [-0.2, -0.15) is 0 Å². The highest BCUT2D eigenvalue weighted by molar-refractivity contribution is 7.20. The molecular formula is C51H32N4OS. The summed E-state index contributed by atoms with van der Waals surface area (Å²) in [7, 11) is 0. The first kappa shape index (κ1) is 32.1. The summed E-state index contributed by atoms with van der Waals surface area (Å²) in [6, 6.07) is 57.3. The van der Waals surface area contributed by atoms with Crippen molar-refractivity contribution in [1.29, 1.82) is 0 Å². The number of fused-ring (bicyclic) bond motifs is 9. The highest BCUT2D eigenvalue weighted by Crippen LogP contribution is 2.44. The molecule has 0 bridgehead atoms. The van der Waals surface area contributed by atoms with Crippen molar-refractivity contribution in [2.24, 2.45) is 0 Å². The van der Waals surface area contributed by atoms with Gasteiger partial charge in [0.05, 0.1) is 11.0 Å². The second kappa shape index (κ2) is 12.7. The van der Waals surface area contributed by atoms with Crippen molar-refractivity contribution in [2.45, 2.75) is 12.8 Å². The summed E-state index contributed by atoms with van der Waals surface area (Å²) >= 11 is 1.89. The molecule has 4 aromatic heterocycles. The smallest absolute Gasteiger partial charge is 0.164 e. The van der Waals surface area contributed by atoms with E-state index in [2.05, 4.69) is 114 Å². The SMILES string of the molecule is C1=C(n2c3ccccc3c3ccccc32)CCc2c1sc1cc(-c3cccc4c3oc3cc(-c5nc(-c6ccccc6)nc(-c6ccccc6)n5)ccc34)ccc21. The van der Waals surface area contributed by atoms with E-state index in [1.165, 1.54) is 48.0 Å². The van der Waals surface area contributed by atoms with Crippen molar-refractivity contribution in [2.75, 3.05) is 0 Å². The van der Waals surface area contributed by atoms with Crippen LogP contribution in [0.5, 0.6) is 0 Å². The lowest BCUT2D eigenvalue weighted by molar-refractivity contribution is 0.670. The van der Waals surface area contributed by atoms with Gasteiger partial charge < -0.3 is 8.98 Å². The minimum absolute atomic E-state index is 0.604. The van der Waals surface area contributed by atoms with Crippen LogP contribution in [-0.4, -0.2) is 19.5 Å². The van der Waals surface area contributed by atoms with Gasteiger partial charge >= 0.3 is 0 Å². The Bertz CT molecular complexity index is 3300. The van der Waals surface area contributed by atoms with Gasteiger partial charge in [0.25, 0.3) is 0 Å². The lowest BCUT2D eigenvalue weighted by atomic mass is 9.96. The van der Waals surface area contributed by atoms with Gasteiger partial charge in [-0.1, -0.05) is 133 Å². The summed E-state index contributed by atoms with van der Waals surface area (Å²) in [5.74, 6) is 1.87. The zero-order valence-corrected chi connectivity index (χ0v) is 31.5. The number of aromatic nitrogens is 4. The van der Waals surface area contributed by atoms with E-state index < -0.39 is 0 Å². The second-order valence-electron chi connectivity index (χ2n) is 14.7. The fourth-order valence-corrected chi connectivity index (χ4v) is 9.95. The molecule has 7 aromatic carbocycles. The molecule has 5 nitrogen and oxygen atoms in total. The highest BCUT2D eigenvalue weighted by atomic mass is 32.1. The van der Waals surface area contributed by atoms with Gasteiger partial charge in [0.2, 0.25) is 0 Å².